The number of hydrogen-bond acceptors (Lipinski definition) is 3. The third-order valence-electron chi connectivity index (χ3n) is 2.82. The van der Waals surface area contributed by atoms with Crippen LogP contribution in [-0.4, -0.2) is 19.0 Å². The number of rotatable bonds is 3. The number of benzene rings is 1. The molecule has 0 saturated carbocycles. The SMILES string of the molecule is CC(C)C(=O)c1ccc(C2OCCCO2)cc1. The average molecular weight is 234 g/mol. The van der Waals surface area contributed by atoms with Crippen molar-refractivity contribution in [2.24, 2.45) is 5.92 Å². The average Bonchev–Trinajstić information content (AvgIpc) is 2.39. The monoisotopic (exact) mass is 234 g/mol. The molecule has 0 unspecified atom stereocenters. The lowest BCUT2D eigenvalue weighted by Crippen LogP contribution is -2.17. The summed E-state index contributed by atoms with van der Waals surface area (Å²) in [5, 5.41) is 0. The molecule has 3 heteroatoms. The van der Waals surface area contributed by atoms with Gasteiger partial charge in [0, 0.05) is 17.0 Å². The van der Waals surface area contributed by atoms with Gasteiger partial charge in [0.1, 0.15) is 0 Å². The van der Waals surface area contributed by atoms with E-state index in [1.54, 1.807) is 0 Å². The molecule has 0 aromatic heterocycles. The third kappa shape index (κ3) is 2.93. The summed E-state index contributed by atoms with van der Waals surface area (Å²) in [6.07, 6.45) is 0.674. The van der Waals surface area contributed by atoms with E-state index < -0.39 is 0 Å². The Hall–Kier alpha value is -1.19. The molecular formula is C14H18O3. The summed E-state index contributed by atoms with van der Waals surface area (Å²) < 4.78 is 11.0. The first-order valence-electron chi connectivity index (χ1n) is 6.06. The van der Waals surface area contributed by atoms with Gasteiger partial charge in [-0.05, 0) is 6.42 Å². The molecular weight excluding hydrogens is 216 g/mol. The van der Waals surface area contributed by atoms with Crippen LogP contribution in [0.5, 0.6) is 0 Å². The Balaban J connectivity index is 2.09. The largest absolute Gasteiger partial charge is 0.348 e. The van der Waals surface area contributed by atoms with E-state index in [1.807, 2.05) is 38.1 Å². The first kappa shape index (κ1) is 12.3. The maximum atomic E-state index is 11.8. The van der Waals surface area contributed by atoms with Gasteiger partial charge in [-0.1, -0.05) is 38.1 Å². The maximum Gasteiger partial charge on any atom is 0.183 e. The third-order valence-corrected chi connectivity index (χ3v) is 2.82. The highest BCUT2D eigenvalue weighted by Gasteiger charge is 2.17. The highest BCUT2D eigenvalue weighted by molar-refractivity contribution is 5.97. The van der Waals surface area contributed by atoms with Gasteiger partial charge in [0.25, 0.3) is 0 Å². The molecule has 1 heterocycles. The molecule has 0 aliphatic carbocycles. The highest BCUT2D eigenvalue weighted by atomic mass is 16.7. The van der Waals surface area contributed by atoms with Crippen molar-refractivity contribution in [3.8, 4) is 0 Å². The van der Waals surface area contributed by atoms with Crippen LogP contribution in [0.1, 0.15) is 42.5 Å². The zero-order valence-corrected chi connectivity index (χ0v) is 10.3. The van der Waals surface area contributed by atoms with E-state index in [-0.39, 0.29) is 18.0 Å². The minimum absolute atomic E-state index is 0.0306. The maximum absolute atomic E-state index is 11.8. The number of hydrogen-bond donors (Lipinski definition) is 0. The van der Waals surface area contributed by atoms with E-state index in [1.165, 1.54) is 0 Å². The quantitative estimate of drug-likeness (QED) is 0.754. The van der Waals surface area contributed by atoms with Crippen molar-refractivity contribution in [2.45, 2.75) is 26.6 Å². The standard InChI is InChI=1S/C14H18O3/c1-10(2)13(15)11-4-6-12(7-5-11)14-16-8-3-9-17-14/h4-7,10,14H,3,8-9H2,1-2H3. The molecule has 1 aliphatic rings. The lowest BCUT2D eigenvalue weighted by atomic mass is 10.00. The summed E-state index contributed by atoms with van der Waals surface area (Å²) in [5.74, 6) is 0.199. The van der Waals surface area contributed by atoms with Gasteiger partial charge in [-0.2, -0.15) is 0 Å². The molecule has 1 fully saturated rings. The van der Waals surface area contributed by atoms with E-state index in [2.05, 4.69) is 0 Å². The van der Waals surface area contributed by atoms with Crippen LogP contribution in [0.4, 0.5) is 0 Å². The van der Waals surface area contributed by atoms with Crippen molar-refractivity contribution in [3.63, 3.8) is 0 Å². The second kappa shape index (κ2) is 5.43. The van der Waals surface area contributed by atoms with Gasteiger partial charge in [0.15, 0.2) is 12.1 Å². The van der Waals surface area contributed by atoms with Crippen LogP contribution < -0.4 is 0 Å². The summed E-state index contributed by atoms with van der Waals surface area (Å²) >= 11 is 0. The summed E-state index contributed by atoms with van der Waals surface area (Å²) in [4.78, 5) is 11.8. The molecule has 1 aliphatic heterocycles. The molecule has 1 aromatic carbocycles. The molecule has 0 bridgehead atoms. The number of ether oxygens (including phenoxy) is 2. The first-order chi connectivity index (χ1) is 8.18. The number of carbonyl (C=O) groups is 1. The van der Waals surface area contributed by atoms with Crippen molar-refractivity contribution in [1.82, 2.24) is 0 Å². The number of ketones is 1. The van der Waals surface area contributed by atoms with E-state index in [0.29, 0.717) is 0 Å². The van der Waals surface area contributed by atoms with Gasteiger partial charge in [-0.25, -0.2) is 0 Å². The van der Waals surface area contributed by atoms with Crippen molar-refractivity contribution < 1.29 is 14.3 Å². The van der Waals surface area contributed by atoms with E-state index in [9.17, 15) is 4.79 Å². The molecule has 0 spiro atoms. The van der Waals surface area contributed by atoms with Crippen LogP contribution >= 0.6 is 0 Å². The van der Waals surface area contributed by atoms with E-state index in [4.69, 9.17) is 9.47 Å². The summed E-state index contributed by atoms with van der Waals surface area (Å²) in [6.45, 7) is 5.28. The van der Waals surface area contributed by atoms with Gasteiger partial charge in [0.2, 0.25) is 0 Å². The summed E-state index contributed by atoms with van der Waals surface area (Å²) in [6, 6.07) is 7.51. The lowest BCUT2D eigenvalue weighted by molar-refractivity contribution is -0.183. The minimum Gasteiger partial charge on any atom is -0.348 e. The van der Waals surface area contributed by atoms with Crippen LogP contribution in [-0.2, 0) is 9.47 Å². The number of Topliss-reactive ketones (excluding diaryl/α,β-unsaturated/α-hetero) is 1. The molecule has 0 atom stereocenters. The van der Waals surface area contributed by atoms with Crippen LogP contribution in [0.25, 0.3) is 0 Å². The Morgan fingerprint density at radius 3 is 2.29 bits per heavy atom. The Morgan fingerprint density at radius 2 is 1.76 bits per heavy atom. The van der Waals surface area contributed by atoms with E-state index >= 15 is 0 Å². The van der Waals surface area contributed by atoms with E-state index in [0.717, 1.165) is 30.8 Å². The van der Waals surface area contributed by atoms with Crippen LogP contribution in [0.3, 0.4) is 0 Å². The molecule has 92 valence electrons. The molecule has 1 saturated heterocycles. The fourth-order valence-corrected chi connectivity index (χ4v) is 1.82. The smallest absolute Gasteiger partial charge is 0.183 e. The van der Waals surface area contributed by atoms with Gasteiger partial charge < -0.3 is 9.47 Å². The van der Waals surface area contributed by atoms with Crippen molar-refractivity contribution in [1.29, 1.82) is 0 Å². The summed E-state index contributed by atoms with van der Waals surface area (Å²) in [7, 11) is 0. The lowest BCUT2D eigenvalue weighted by Gasteiger charge is -2.23. The highest BCUT2D eigenvalue weighted by Crippen LogP contribution is 2.23. The first-order valence-corrected chi connectivity index (χ1v) is 6.06. The van der Waals surface area contributed by atoms with Crippen LogP contribution in [0.15, 0.2) is 24.3 Å². The van der Waals surface area contributed by atoms with Gasteiger partial charge >= 0.3 is 0 Å². The Labute approximate surface area is 102 Å². The predicted octanol–water partition coefficient (Wildman–Crippen LogP) is 2.96. The Morgan fingerprint density at radius 1 is 1.18 bits per heavy atom. The molecule has 17 heavy (non-hydrogen) atoms. The topological polar surface area (TPSA) is 35.5 Å². The van der Waals surface area contributed by atoms with Crippen molar-refractivity contribution in [2.75, 3.05) is 13.2 Å². The van der Waals surface area contributed by atoms with Gasteiger partial charge in [-0.3, -0.25) is 4.79 Å². The van der Waals surface area contributed by atoms with Crippen molar-refractivity contribution in [3.05, 3.63) is 35.4 Å². The van der Waals surface area contributed by atoms with Crippen molar-refractivity contribution >= 4 is 5.78 Å². The number of carbonyl (C=O) groups excluding carboxylic acids is 1. The minimum atomic E-state index is -0.271. The zero-order valence-electron chi connectivity index (χ0n) is 10.3. The zero-order chi connectivity index (χ0) is 12.3. The normalized spacial score (nSPS) is 17.4. The summed E-state index contributed by atoms with van der Waals surface area (Å²) in [5.41, 5.74) is 1.73. The van der Waals surface area contributed by atoms with Gasteiger partial charge in [-0.15, -0.1) is 0 Å². The Kier molecular flexibility index (Phi) is 3.92. The molecule has 3 nitrogen and oxygen atoms in total. The molecule has 2 rings (SSSR count). The molecule has 1 aromatic rings. The van der Waals surface area contributed by atoms with Gasteiger partial charge in [0.05, 0.1) is 13.2 Å². The second-order valence-corrected chi connectivity index (χ2v) is 4.57. The Bertz CT molecular complexity index is 375. The fraction of sp³-hybridized carbons (Fsp3) is 0.500. The fourth-order valence-electron chi connectivity index (χ4n) is 1.82. The molecule has 0 amide bonds. The van der Waals surface area contributed by atoms with Crippen LogP contribution in [0.2, 0.25) is 0 Å². The molecule has 0 radical (unpaired) electrons. The molecule has 0 N–H and O–H groups in total. The second-order valence-electron chi connectivity index (χ2n) is 4.57. The predicted molar refractivity (Wildman–Crippen MR) is 64.9 cm³/mol. The van der Waals surface area contributed by atoms with Crippen LogP contribution in [0, 0.1) is 5.92 Å².